The van der Waals surface area contributed by atoms with Crippen molar-refractivity contribution >= 4 is 23.2 Å². The maximum absolute atomic E-state index is 13.1. The highest BCUT2D eigenvalue weighted by molar-refractivity contribution is 6.03. The second kappa shape index (κ2) is 6.27. The highest BCUT2D eigenvalue weighted by Crippen LogP contribution is 2.17. The second-order valence-corrected chi connectivity index (χ2v) is 4.84. The molecule has 3 rings (SSSR count). The van der Waals surface area contributed by atoms with Gasteiger partial charge in [-0.15, -0.1) is 0 Å². The number of hydrogen-bond donors (Lipinski definition) is 2. The molecule has 1 amide bonds. The van der Waals surface area contributed by atoms with E-state index in [1.807, 2.05) is 0 Å². The minimum absolute atomic E-state index is 0.229. The molecule has 23 heavy (non-hydrogen) atoms. The van der Waals surface area contributed by atoms with E-state index in [1.54, 1.807) is 31.3 Å². The molecule has 1 aromatic carbocycles. The molecule has 0 atom stereocenters. The van der Waals surface area contributed by atoms with Crippen molar-refractivity contribution in [3.63, 3.8) is 0 Å². The predicted octanol–water partition coefficient (Wildman–Crippen LogP) is 3.51. The number of benzene rings is 1. The first-order valence-corrected chi connectivity index (χ1v) is 6.83. The standard InChI is InChI=1S/C16H13FN4O2/c1-10-7-15(21-23-10)19-13-5-6-14(18-9-13)20-16(22)11-3-2-4-12(17)8-11/h2-9H,1H3,(H,19,21)(H,18,20,22). The molecule has 0 unspecified atom stereocenters. The monoisotopic (exact) mass is 312 g/mol. The molecule has 0 radical (unpaired) electrons. The van der Waals surface area contributed by atoms with Gasteiger partial charge in [0, 0.05) is 11.6 Å². The fourth-order valence-electron chi connectivity index (χ4n) is 1.93. The number of amides is 1. The molecule has 0 saturated carbocycles. The Morgan fingerprint density at radius 2 is 2.04 bits per heavy atom. The maximum atomic E-state index is 13.1. The van der Waals surface area contributed by atoms with Crippen LogP contribution < -0.4 is 10.6 Å². The summed E-state index contributed by atoms with van der Waals surface area (Å²) in [7, 11) is 0. The Kier molecular flexibility index (Phi) is 4.01. The lowest BCUT2D eigenvalue weighted by molar-refractivity contribution is 0.102. The summed E-state index contributed by atoms with van der Waals surface area (Å²) in [6.45, 7) is 1.79. The van der Waals surface area contributed by atoms with E-state index in [9.17, 15) is 9.18 Å². The van der Waals surface area contributed by atoms with Crippen LogP contribution in [-0.4, -0.2) is 16.0 Å². The first-order valence-electron chi connectivity index (χ1n) is 6.83. The Bertz CT molecular complexity index is 830. The number of anilines is 3. The van der Waals surface area contributed by atoms with Crippen LogP contribution in [0.2, 0.25) is 0 Å². The number of nitrogens with zero attached hydrogens (tertiary/aromatic N) is 2. The van der Waals surface area contributed by atoms with Gasteiger partial charge in [-0.25, -0.2) is 9.37 Å². The van der Waals surface area contributed by atoms with Crippen molar-refractivity contribution in [2.75, 3.05) is 10.6 Å². The van der Waals surface area contributed by atoms with E-state index in [2.05, 4.69) is 20.8 Å². The Hall–Kier alpha value is -3.22. The van der Waals surface area contributed by atoms with E-state index in [0.717, 1.165) is 6.07 Å². The number of carbonyl (C=O) groups is 1. The van der Waals surface area contributed by atoms with E-state index >= 15 is 0 Å². The molecule has 0 aliphatic rings. The summed E-state index contributed by atoms with van der Waals surface area (Å²) < 4.78 is 18.1. The fourth-order valence-corrected chi connectivity index (χ4v) is 1.93. The molecule has 116 valence electrons. The van der Waals surface area contributed by atoms with Crippen LogP contribution in [0.25, 0.3) is 0 Å². The number of rotatable bonds is 4. The Balaban J connectivity index is 1.66. The van der Waals surface area contributed by atoms with Crippen LogP contribution >= 0.6 is 0 Å². The Labute approximate surface area is 131 Å². The highest BCUT2D eigenvalue weighted by atomic mass is 19.1. The summed E-state index contributed by atoms with van der Waals surface area (Å²) in [5.74, 6) is 0.735. The lowest BCUT2D eigenvalue weighted by Crippen LogP contribution is -2.13. The number of aryl methyl sites for hydroxylation is 1. The highest BCUT2D eigenvalue weighted by Gasteiger charge is 2.08. The number of pyridine rings is 1. The van der Waals surface area contributed by atoms with Crippen LogP contribution in [0.4, 0.5) is 21.7 Å². The van der Waals surface area contributed by atoms with Gasteiger partial charge in [0.2, 0.25) is 0 Å². The van der Waals surface area contributed by atoms with Crippen molar-refractivity contribution in [1.29, 1.82) is 0 Å². The van der Waals surface area contributed by atoms with Gasteiger partial charge in [0.15, 0.2) is 5.82 Å². The summed E-state index contributed by atoms with van der Waals surface area (Å²) in [5.41, 5.74) is 0.925. The van der Waals surface area contributed by atoms with Crippen LogP contribution in [0.15, 0.2) is 53.2 Å². The van der Waals surface area contributed by atoms with E-state index in [0.29, 0.717) is 23.1 Å². The molecule has 0 bridgehead atoms. The summed E-state index contributed by atoms with van der Waals surface area (Å²) >= 11 is 0. The van der Waals surface area contributed by atoms with Crippen LogP contribution in [0, 0.1) is 12.7 Å². The van der Waals surface area contributed by atoms with E-state index < -0.39 is 11.7 Å². The number of halogens is 1. The molecule has 2 aromatic heterocycles. The number of carbonyl (C=O) groups excluding carboxylic acids is 1. The quantitative estimate of drug-likeness (QED) is 0.770. The van der Waals surface area contributed by atoms with Crippen molar-refractivity contribution in [3.05, 3.63) is 65.8 Å². The molecule has 0 spiro atoms. The van der Waals surface area contributed by atoms with Crippen molar-refractivity contribution in [3.8, 4) is 0 Å². The Morgan fingerprint density at radius 1 is 1.17 bits per heavy atom. The second-order valence-electron chi connectivity index (χ2n) is 4.84. The zero-order valence-electron chi connectivity index (χ0n) is 12.2. The van der Waals surface area contributed by atoms with Crippen molar-refractivity contribution < 1.29 is 13.7 Å². The minimum Gasteiger partial charge on any atom is -0.360 e. The van der Waals surface area contributed by atoms with E-state index in [4.69, 9.17) is 4.52 Å². The zero-order valence-corrected chi connectivity index (χ0v) is 12.2. The lowest BCUT2D eigenvalue weighted by Gasteiger charge is -2.06. The number of hydrogen-bond acceptors (Lipinski definition) is 5. The van der Waals surface area contributed by atoms with Crippen molar-refractivity contribution in [2.45, 2.75) is 6.92 Å². The molecule has 0 fully saturated rings. The van der Waals surface area contributed by atoms with E-state index in [-0.39, 0.29) is 5.56 Å². The average Bonchev–Trinajstić information content (AvgIpc) is 2.94. The molecular weight excluding hydrogens is 299 g/mol. The number of nitrogens with one attached hydrogen (secondary N) is 2. The number of aromatic nitrogens is 2. The van der Waals surface area contributed by atoms with Gasteiger partial charge < -0.3 is 15.2 Å². The van der Waals surface area contributed by atoms with Crippen molar-refractivity contribution in [1.82, 2.24) is 10.1 Å². The van der Waals surface area contributed by atoms with Crippen LogP contribution in [0.1, 0.15) is 16.1 Å². The van der Waals surface area contributed by atoms with Gasteiger partial charge in [-0.05, 0) is 37.3 Å². The predicted molar refractivity (Wildman–Crippen MR) is 83.1 cm³/mol. The lowest BCUT2D eigenvalue weighted by atomic mass is 10.2. The minimum atomic E-state index is -0.465. The largest absolute Gasteiger partial charge is 0.360 e. The fraction of sp³-hybridized carbons (Fsp3) is 0.0625. The van der Waals surface area contributed by atoms with E-state index in [1.165, 1.54) is 18.2 Å². The molecular formula is C16H13FN4O2. The van der Waals surface area contributed by atoms with Gasteiger partial charge in [-0.1, -0.05) is 11.2 Å². The topological polar surface area (TPSA) is 80.0 Å². The molecule has 2 N–H and O–H groups in total. The molecule has 6 nitrogen and oxygen atoms in total. The Morgan fingerprint density at radius 3 is 2.70 bits per heavy atom. The molecule has 0 saturated heterocycles. The average molecular weight is 312 g/mol. The molecule has 3 aromatic rings. The van der Waals surface area contributed by atoms with Gasteiger partial charge >= 0.3 is 0 Å². The van der Waals surface area contributed by atoms with Crippen LogP contribution in [-0.2, 0) is 0 Å². The van der Waals surface area contributed by atoms with Crippen molar-refractivity contribution in [2.24, 2.45) is 0 Å². The summed E-state index contributed by atoms with van der Waals surface area (Å²) in [6, 6.07) is 10.6. The van der Waals surface area contributed by atoms with Crippen LogP contribution in [0.5, 0.6) is 0 Å². The van der Waals surface area contributed by atoms with Gasteiger partial charge in [-0.2, -0.15) is 0 Å². The summed E-state index contributed by atoms with van der Waals surface area (Å²) in [6.07, 6.45) is 1.55. The third kappa shape index (κ3) is 3.70. The summed E-state index contributed by atoms with van der Waals surface area (Å²) in [5, 5.41) is 9.43. The smallest absolute Gasteiger partial charge is 0.256 e. The van der Waals surface area contributed by atoms with Gasteiger partial charge in [0.1, 0.15) is 17.4 Å². The molecule has 7 heteroatoms. The third-order valence-corrected chi connectivity index (χ3v) is 2.99. The zero-order chi connectivity index (χ0) is 16.2. The van der Waals surface area contributed by atoms with Crippen LogP contribution in [0.3, 0.4) is 0 Å². The SMILES string of the molecule is Cc1cc(Nc2ccc(NC(=O)c3cccc(F)c3)nc2)no1. The van der Waals surface area contributed by atoms with Gasteiger partial charge in [0.25, 0.3) is 5.91 Å². The normalized spacial score (nSPS) is 10.3. The van der Waals surface area contributed by atoms with Gasteiger partial charge in [0.05, 0.1) is 11.9 Å². The van der Waals surface area contributed by atoms with Gasteiger partial charge in [-0.3, -0.25) is 4.79 Å². The maximum Gasteiger partial charge on any atom is 0.256 e. The third-order valence-electron chi connectivity index (χ3n) is 2.99. The molecule has 2 heterocycles. The summed E-state index contributed by atoms with van der Waals surface area (Å²) in [4.78, 5) is 16.1. The molecule has 0 aliphatic heterocycles. The first-order chi connectivity index (χ1) is 11.1. The molecule has 0 aliphatic carbocycles. The first kappa shape index (κ1) is 14.7.